The monoisotopic (exact) mass is 461 g/mol. The van der Waals surface area contributed by atoms with E-state index >= 15 is 0 Å². The second-order valence-electron chi connectivity index (χ2n) is 8.26. The lowest BCUT2D eigenvalue weighted by Gasteiger charge is -2.13. The highest BCUT2D eigenvalue weighted by Crippen LogP contribution is 2.21. The first kappa shape index (κ1) is 27.0. The summed E-state index contributed by atoms with van der Waals surface area (Å²) in [7, 11) is 1.67. The second-order valence-corrected chi connectivity index (χ2v) is 8.26. The van der Waals surface area contributed by atoms with Gasteiger partial charge in [0.05, 0.1) is 19.1 Å². The van der Waals surface area contributed by atoms with Crippen molar-refractivity contribution in [3.63, 3.8) is 0 Å². The molecule has 0 aliphatic heterocycles. The molecule has 0 heterocycles. The number of ether oxygens (including phenoxy) is 3. The van der Waals surface area contributed by atoms with E-state index in [0.29, 0.717) is 5.90 Å². The molecular weight excluding hydrogens is 422 g/mol. The van der Waals surface area contributed by atoms with Gasteiger partial charge < -0.3 is 14.2 Å². The Labute approximate surface area is 205 Å². The van der Waals surface area contributed by atoms with Crippen molar-refractivity contribution in [1.29, 1.82) is 0 Å². The quantitative estimate of drug-likeness (QED) is 0.151. The molecular formula is C30H39NO3. The van der Waals surface area contributed by atoms with Gasteiger partial charge in [-0.2, -0.15) is 0 Å². The van der Waals surface area contributed by atoms with E-state index < -0.39 is 0 Å². The molecule has 1 aromatic carbocycles. The van der Waals surface area contributed by atoms with Crippen LogP contribution in [0.2, 0.25) is 0 Å². The Kier molecular flexibility index (Phi) is 11.7. The highest BCUT2D eigenvalue weighted by atomic mass is 16.5. The molecule has 0 saturated carbocycles. The number of rotatable bonds is 10. The molecule has 0 fully saturated rings. The maximum absolute atomic E-state index is 6.32. The first-order chi connectivity index (χ1) is 16.5. The van der Waals surface area contributed by atoms with Gasteiger partial charge in [-0.15, -0.1) is 0 Å². The third kappa shape index (κ3) is 9.30. The molecule has 0 bridgehead atoms. The molecule has 1 aliphatic rings. The molecule has 1 aliphatic carbocycles. The van der Waals surface area contributed by atoms with Crippen LogP contribution in [0.15, 0.2) is 94.8 Å². The summed E-state index contributed by atoms with van der Waals surface area (Å²) in [4.78, 5) is 4.85. The van der Waals surface area contributed by atoms with Gasteiger partial charge in [0, 0.05) is 12.0 Å². The average molecular weight is 462 g/mol. The van der Waals surface area contributed by atoms with E-state index in [4.69, 9.17) is 19.2 Å². The van der Waals surface area contributed by atoms with Crippen LogP contribution >= 0.6 is 0 Å². The summed E-state index contributed by atoms with van der Waals surface area (Å²) in [5.74, 6) is 2.97. The summed E-state index contributed by atoms with van der Waals surface area (Å²) in [6.07, 6.45) is 20.5. The molecule has 0 amide bonds. The van der Waals surface area contributed by atoms with Gasteiger partial charge in [-0.1, -0.05) is 38.5 Å². The molecule has 0 saturated heterocycles. The lowest BCUT2D eigenvalue weighted by atomic mass is 10.1. The van der Waals surface area contributed by atoms with Gasteiger partial charge in [0.25, 0.3) is 0 Å². The Morgan fingerprint density at radius 2 is 1.94 bits per heavy atom. The number of nitrogens with zero attached hydrogens (tertiary/aromatic N) is 1. The van der Waals surface area contributed by atoms with Crippen molar-refractivity contribution < 1.29 is 14.2 Å². The van der Waals surface area contributed by atoms with E-state index in [1.165, 1.54) is 11.1 Å². The van der Waals surface area contributed by atoms with Crippen LogP contribution in [-0.2, 0) is 14.2 Å². The fraction of sp³-hybridized carbons (Fsp3) is 0.367. The standard InChI is InChI=1S/C30H39NO3/c1-7-9-13-29(14-10-8-2)34-30(31-26-18-17-23(3)24(4)21-26)25(5)22-33-28-16-12-11-15-27(32-6)19-20-28/h9,11,13-15,17-22H,7-8,10,12,16H2,1-6H3/b13-9-,15-11-,25-22?,27-19+,28-20+,29-14+,31-30?. The molecule has 0 aromatic heterocycles. The fourth-order valence-electron chi connectivity index (χ4n) is 3.07. The van der Waals surface area contributed by atoms with Crippen LogP contribution in [0.4, 0.5) is 5.69 Å². The lowest BCUT2D eigenvalue weighted by molar-refractivity contribution is 0.304. The molecule has 2 rings (SSSR count). The van der Waals surface area contributed by atoms with E-state index in [1.807, 2.05) is 37.3 Å². The van der Waals surface area contributed by atoms with E-state index in [0.717, 1.165) is 60.6 Å². The summed E-state index contributed by atoms with van der Waals surface area (Å²) in [6, 6.07) is 6.17. The zero-order valence-electron chi connectivity index (χ0n) is 21.6. The zero-order chi connectivity index (χ0) is 24.8. The molecule has 4 nitrogen and oxygen atoms in total. The van der Waals surface area contributed by atoms with Gasteiger partial charge in [0.2, 0.25) is 5.90 Å². The van der Waals surface area contributed by atoms with Gasteiger partial charge in [-0.05, 0) is 93.7 Å². The predicted octanol–water partition coefficient (Wildman–Crippen LogP) is 8.68. The van der Waals surface area contributed by atoms with E-state index in [-0.39, 0.29) is 0 Å². The van der Waals surface area contributed by atoms with E-state index in [9.17, 15) is 0 Å². The molecule has 0 N–H and O–H groups in total. The highest BCUT2D eigenvalue weighted by Gasteiger charge is 2.10. The van der Waals surface area contributed by atoms with Crippen molar-refractivity contribution >= 4 is 11.6 Å². The Morgan fingerprint density at radius 3 is 2.65 bits per heavy atom. The van der Waals surface area contributed by atoms with Gasteiger partial charge in [-0.25, -0.2) is 4.99 Å². The fourth-order valence-corrected chi connectivity index (χ4v) is 3.07. The minimum atomic E-state index is 0.519. The number of hydrogen-bond acceptors (Lipinski definition) is 4. The van der Waals surface area contributed by atoms with Crippen LogP contribution in [0, 0.1) is 13.8 Å². The molecule has 0 spiro atoms. The molecule has 4 heteroatoms. The van der Waals surface area contributed by atoms with Crippen LogP contribution < -0.4 is 0 Å². The SMILES string of the molecule is CC/C=C\C(=C/CCC)OC(=Nc1ccc(C)c(C)c1)C(C)=CO/C1=C/C=C(OC)\C=C/CC1. The number of aliphatic imine (C=N–C) groups is 1. The molecule has 182 valence electrons. The van der Waals surface area contributed by atoms with E-state index in [2.05, 4.69) is 58.1 Å². The summed E-state index contributed by atoms with van der Waals surface area (Å²) in [6.45, 7) is 10.4. The lowest BCUT2D eigenvalue weighted by Crippen LogP contribution is -2.07. The Bertz CT molecular complexity index is 1020. The number of aryl methyl sites for hydroxylation is 2. The van der Waals surface area contributed by atoms with Crippen LogP contribution in [-0.4, -0.2) is 13.0 Å². The van der Waals surface area contributed by atoms with Crippen molar-refractivity contribution in [3.8, 4) is 0 Å². The number of unbranched alkanes of at least 4 members (excludes halogenated alkanes) is 1. The molecule has 34 heavy (non-hydrogen) atoms. The first-order valence-electron chi connectivity index (χ1n) is 12.1. The number of allylic oxidation sites excluding steroid dienone is 8. The smallest absolute Gasteiger partial charge is 0.225 e. The highest BCUT2D eigenvalue weighted by molar-refractivity contribution is 5.95. The minimum absolute atomic E-state index is 0.519. The minimum Gasteiger partial charge on any atom is -0.497 e. The van der Waals surface area contributed by atoms with Crippen molar-refractivity contribution in [2.24, 2.45) is 4.99 Å². The normalized spacial score (nSPS) is 19.5. The Hall–Kier alpha value is -3.27. The average Bonchev–Trinajstić information content (AvgIpc) is 2.82. The third-order valence-electron chi connectivity index (χ3n) is 5.32. The first-order valence-corrected chi connectivity index (χ1v) is 12.1. The number of methoxy groups -OCH3 is 1. The van der Waals surface area contributed by atoms with E-state index in [1.54, 1.807) is 13.4 Å². The third-order valence-corrected chi connectivity index (χ3v) is 5.32. The maximum atomic E-state index is 6.32. The van der Waals surface area contributed by atoms with Gasteiger partial charge in [0.15, 0.2) is 0 Å². The van der Waals surface area contributed by atoms with Gasteiger partial charge >= 0.3 is 0 Å². The topological polar surface area (TPSA) is 40.0 Å². The largest absolute Gasteiger partial charge is 0.497 e. The molecule has 0 atom stereocenters. The summed E-state index contributed by atoms with van der Waals surface area (Å²) < 4.78 is 17.7. The van der Waals surface area contributed by atoms with Crippen LogP contribution in [0.3, 0.4) is 0 Å². The van der Waals surface area contributed by atoms with Gasteiger partial charge in [0.1, 0.15) is 17.3 Å². The number of hydrogen-bond donors (Lipinski definition) is 0. The molecule has 0 unspecified atom stereocenters. The Balaban J connectivity index is 2.37. The Morgan fingerprint density at radius 1 is 1.12 bits per heavy atom. The number of benzene rings is 1. The van der Waals surface area contributed by atoms with Crippen molar-refractivity contribution in [2.45, 2.75) is 66.7 Å². The second kappa shape index (κ2) is 14.8. The van der Waals surface area contributed by atoms with Crippen molar-refractivity contribution in [1.82, 2.24) is 0 Å². The van der Waals surface area contributed by atoms with Crippen LogP contribution in [0.1, 0.15) is 64.0 Å². The molecule has 1 aromatic rings. The summed E-state index contributed by atoms with van der Waals surface area (Å²) in [5.41, 5.74) is 4.09. The molecule has 0 radical (unpaired) electrons. The zero-order valence-corrected chi connectivity index (χ0v) is 21.6. The predicted molar refractivity (Wildman–Crippen MR) is 143 cm³/mol. The van der Waals surface area contributed by atoms with Crippen LogP contribution in [0.5, 0.6) is 0 Å². The maximum Gasteiger partial charge on any atom is 0.225 e. The van der Waals surface area contributed by atoms with Crippen molar-refractivity contribution in [3.05, 3.63) is 101 Å². The van der Waals surface area contributed by atoms with Gasteiger partial charge in [-0.3, -0.25) is 0 Å². The summed E-state index contributed by atoms with van der Waals surface area (Å²) in [5, 5.41) is 0. The van der Waals surface area contributed by atoms with Crippen LogP contribution in [0.25, 0.3) is 0 Å². The summed E-state index contributed by atoms with van der Waals surface area (Å²) >= 11 is 0. The van der Waals surface area contributed by atoms with Crippen molar-refractivity contribution in [2.75, 3.05) is 7.11 Å².